The first kappa shape index (κ1) is 14.6. The Morgan fingerprint density at radius 2 is 2.28 bits per heavy atom. The smallest absolute Gasteiger partial charge is 0.326 e. The van der Waals surface area contributed by atoms with Gasteiger partial charge in [-0.1, -0.05) is 0 Å². The van der Waals surface area contributed by atoms with Crippen LogP contribution in [0.2, 0.25) is 0 Å². The van der Waals surface area contributed by atoms with Gasteiger partial charge < -0.3 is 21.5 Å². The van der Waals surface area contributed by atoms with E-state index in [1.165, 1.54) is 4.90 Å². The van der Waals surface area contributed by atoms with Gasteiger partial charge in [-0.25, -0.2) is 4.79 Å². The second-order valence-corrected chi connectivity index (χ2v) is 4.94. The molecule has 2 atom stereocenters. The normalized spacial score (nSPS) is 20.8. The first-order valence-electron chi connectivity index (χ1n) is 5.67. The van der Waals surface area contributed by atoms with E-state index in [1.54, 1.807) is 0 Å². The summed E-state index contributed by atoms with van der Waals surface area (Å²) in [5.74, 6) is -1.19. The standard InChI is InChI=1S/C10H18N4O3S/c11-10(12)13-3-1-2-7(9(16)17)14-5-6(18)4-8(14)15/h6-7,18H,1-5H2,(H,16,17)(H4,11,12,13)/t6?,7-/m0/s1. The van der Waals surface area contributed by atoms with Gasteiger partial charge in [0.2, 0.25) is 5.91 Å². The fourth-order valence-corrected chi connectivity index (χ4v) is 2.25. The van der Waals surface area contributed by atoms with Crippen molar-refractivity contribution in [2.45, 2.75) is 30.6 Å². The van der Waals surface area contributed by atoms with Gasteiger partial charge in [0.15, 0.2) is 5.96 Å². The summed E-state index contributed by atoms with van der Waals surface area (Å²) >= 11 is 4.20. The maximum Gasteiger partial charge on any atom is 0.326 e. The summed E-state index contributed by atoms with van der Waals surface area (Å²) in [6.45, 7) is 0.736. The predicted octanol–water partition coefficient (Wildman–Crippen LogP) is -0.976. The molecule has 18 heavy (non-hydrogen) atoms. The minimum atomic E-state index is -1.00. The zero-order chi connectivity index (χ0) is 13.7. The topological polar surface area (TPSA) is 122 Å². The number of carbonyl (C=O) groups is 2. The maximum atomic E-state index is 11.6. The van der Waals surface area contributed by atoms with Gasteiger partial charge in [-0.15, -0.1) is 0 Å². The van der Waals surface area contributed by atoms with Crippen molar-refractivity contribution in [2.24, 2.45) is 16.5 Å². The SMILES string of the molecule is NC(N)=NCCC[C@@H](C(=O)O)N1CC(S)CC1=O. The molecule has 0 aliphatic carbocycles. The Hall–Kier alpha value is -1.44. The molecule has 1 amide bonds. The molecule has 1 fully saturated rings. The van der Waals surface area contributed by atoms with Gasteiger partial charge in [0.25, 0.3) is 0 Å². The fourth-order valence-electron chi connectivity index (χ4n) is 1.92. The van der Waals surface area contributed by atoms with Crippen molar-refractivity contribution in [1.82, 2.24) is 4.90 Å². The van der Waals surface area contributed by atoms with Crippen LogP contribution in [-0.4, -0.2) is 52.2 Å². The van der Waals surface area contributed by atoms with Crippen molar-refractivity contribution in [3.8, 4) is 0 Å². The molecule has 1 saturated heterocycles. The van der Waals surface area contributed by atoms with Crippen LogP contribution in [0.25, 0.3) is 0 Å². The molecular weight excluding hydrogens is 256 g/mol. The number of thiol groups is 1. The van der Waals surface area contributed by atoms with E-state index in [4.69, 9.17) is 16.6 Å². The molecule has 0 saturated carbocycles. The highest BCUT2D eigenvalue weighted by Crippen LogP contribution is 2.21. The van der Waals surface area contributed by atoms with Crippen molar-refractivity contribution in [3.05, 3.63) is 0 Å². The van der Waals surface area contributed by atoms with Crippen LogP contribution in [0.15, 0.2) is 4.99 Å². The van der Waals surface area contributed by atoms with E-state index >= 15 is 0 Å². The zero-order valence-electron chi connectivity index (χ0n) is 9.95. The molecule has 1 unspecified atom stereocenters. The van der Waals surface area contributed by atoms with Gasteiger partial charge in [0.05, 0.1) is 0 Å². The van der Waals surface area contributed by atoms with Crippen LogP contribution in [0.4, 0.5) is 0 Å². The summed E-state index contributed by atoms with van der Waals surface area (Å²) in [6.07, 6.45) is 1.13. The van der Waals surface area contributed by atoms with E-state index in [0.717, 1.165) is 0 Å². The van der Waals surface area contributed by atoms with Crippen molar-refractivity contribution in [1.29, 1.82) is 0 Å². The number of guanidine groups is 1. The highest BCUT2D eigenvalue weighted by Gasteiger charge is 2.35. The molecule has 1 aliphatic heterocycles. The average molecular weight is 274 g/mol. The van der Waals surface area contributed by atoms with Gasteiger partial charge in [0, 0.05) is 24.8 Å². The number of nitrogens with two attached hydrogens (primary N) is 2. The quantitative estimate of drug-likeness (QED) is 0.215. The number of carboxylic acid groups (broad SMARTS) is 1. The molecule has 0 bridgehead atoms. The summed E-state index contributed by atoms with van der Waals surface area (Å²) in [5, 5.41) is 9.06. The molecule has 8 heteroatoms. The Labute approximate surface area is 111 Å². The van der Waals surface area contributed by atoms with Crippen molar-refractivity contribution in [3.63, 3.8) is 0 Å². The second-order valence-electron chi connectivity index (χ2n) is 4.21. The Morgan fingerprint density at radius 1 is 1.61 bits per heavy atom. The minimum Gasteiger partial charge on any atom is -0.480 e. The van der Waals surface area contributed by atoms with E-state index in [1.807, 2.05) is 0 Å². The molecule has 1 aliphatic rings. The number of carboxylic acids is 1. The van der Waals surface area contributed by atoms with Gasteiger partial charge in [-0.3, -0.25) is 9.79 Å². The third-order valence-electron chi connectivity index (χ3n) is 2.73. The molecule has 0 spiro atoms. The van der Waals surface area contributed by atoms with Crippen LogP contribution in [0.1, 0.15) is 19.3 Å². The van der Waals surface area contributed by atoms with Gasteiger partial charge in [0.1, 0.15) is 6.04 Å². The Balaban J connectivity index is 2.53. The molecule has 0 aromatic rings. The fraction of sp³-hybridized carbons (Fsp3) is 0.700. The lowest BCUT2D eigenvalue weighted by molar-refractivity contribution is -0.148. The van der Waals surface area contributed by atoms with Crippen LogP contribution in [0.5, 0.6) is 0 Å². The molecule has 7 nitrogen and oxygen atoms in total. The number of rotatable bonds is 6. The largest absolute Gasteiger partial charge is 0.480 e. The first-order chi connectivity index (χ1) is 8.41. The Morgan fingerprint density at radius 3 is 2.72 bits per heavy atom. The molecule has 102 valence electrons. The molecule has 0 aromatic carbocycles. The lowest BCUT2D eigenvalue weighted by Gasteiger charge is -2.24. The van der Waals surface area contributed by atoms with E-state index in [9.17, 15) is 9.59 Å². The monoisotopic (exact) mass is 274 g/mol. The van der Waals surface area contributed by atoms with Crippen molar-refractivity contribution in [2.75, 3.05) is 13.1 Å². The Bertz CT molecular complexity index is 357. The summed E-state index contributed by atoms with van der Waals surface area (Å²) in [6, 6.07) is -0.816. The maximum absolute atomic E-state index is 11.6. The molecule has 0 radical (unpaired) electrons. The predicted molar refractivity (Wildman–Crippen MR) is 70.4 cm³/mol. The summed E-state index contributed by atoms with van der Waals surface area (Å²) < 4.78 is 0. The van der Waals surface area contributed by atoms with Gasteiger partial charge >= 0.3 is 5.97 Å². The summed E-state index contributed by atoms with van der Waals surface area (Å²) in [5.41, 5.74) is 10.3. The van der Waals surface area contributed by atoms with Crippen LogP contribution in [-0.2, 0) is 9.59 Å². The van der Waals surface area contributed by atoms with Crippen molar-refractivity contribution >= 4 is 30.5 Å². The number of aliphatic carboxylic acids is 1. The number of hydrogen-bond donors (Lipinski definition) is 4. The Kier molecular flexibility index (Phi) is 5.26. The third-order valence-corrected chi connectivity index (χ3v) is 3.08. The number of amides is 1. The molecule has 5 N–H and O–H groups in total. The third kappa shape index (κ3) is 4.10. The van der Waals surface area contributed by atoms with Crippen LogP contribution < -0.4 is 11.5 Å². The molecule has 1 rings (SSSR count). The highest BCUT2D eigenvalue weighted by molar-refractivity contribution is 7.81. The molecule has 1 heterocycles. The number of aliphatic imine (C=N–C) groups is 1. The van der Waals surface area contributed by atoms with E-state index in [-0.39, 0.29) is 17.1 Å². The number of nitrogens with zero attached hydrogens (tertiary/aromatic N) is 2. The minimum absolute atomic E-state index is 0.0189. The summed E-state index contributed by atoms with van der Waals surface area (Å²) in [7, 11) is 0. The van der Waals surface area contributed by atoms with E-state index in [0.29, 0.717) is 32.4 Å². The number of likely N-dealkylation sites (tertiary alicyclic amines) is 1. The highest BCUT2D eigenvalue weighted by atomic mass is 32.1. The second kappa shape index (κ2) is 6.48. The van der Waals surface area contributed by atoms with E-state index < -0.39 is 12.0 Å². The van der Waals surface area contributed by atoms with E-state index in [2.05, 4.69) is 17.6 Å². The number of carbonyl (C=O) groups excluding carboxylic acids is 1. The lowest BCUT2D eigenvalue weighted by atomic mass is 10.1. The number of hydrogen-bond acceptors (Lipinski definition) is 4. The molecule has 0 aromatic heterocycles. The van der Waals surface area contributed by atoms with Crippen LogP contribution >= 0.6 is 12.6 Å². The van der Waals surface area contributed by atoms with Gasteiger partial charge in [-0.2, -0.15) is 12.6 Å². The van der Waals surface area contributed by atoms with Crippen LogP contribution in [0.3, 0.4) is 0 Å². The van der Waals surface area contributed by atoms with Crippen LogP contribution in [0, 0.1) is 0 Å². The average Bonchev–Trinajstić information content (AvgIpc) is 2.56. The van der Waals surface area contributed by atoms with Crippen molar-refractivity contribution < 1.29 is 14.7 Å². The lowest BCUT2D eigenvalue weighted by Crippen LogP contribution is -2.42. The summed E-state index contributed by atoms with van der Waals surface area (Å²) in [4.78, 5) is 27.9. The van der Waals surface area contributed by atoms with Gasteiger partial charge in [-0.05, 0) is 12.8 Å². The first-order valence-corrected chi connectivity index (χ1v) is 6.19. The zero-order valence-corrected chi connectivity index (χ0v) is 10.8. The molecular formula is C10H18N4O3S.